The maximum absolute atomic E-state index is 13.8. The SMILES string of the molecule is CC[C@H](C)NC(=O)[C@@H](Cc1ccccc1)N(Cc1cccc(Cl)c1)C(=O)COc1cccc2ccccc12. The van der Waals surface area contributed by atoms with E-state index in [-0.39, 0.29) is 31.0 Å². The lowest BCUT2D eigenvalue weighted by atomic mass is 10.0. The second kappa shape index (κ2) is 13.1. The van der Waals surface area contributed by atoms with Crippen LogP contribution in [0.2, 0.25) is 5.02 Å². The van der Waals surface area contributed by atoms with Crippen LogP contribution in [0.3, 0.4) is 0 Å². The fourth-order valence-corrected chi connectivity index (χ4v) is 4.58. The predicted octanol–water partition coefficient (Wildman–Crippen LogP) is 6.43. The Morgan fingerprint density at radius 1 is 0.895 bits per heavy atom. The third-order valence-electron chi connectivity index (χ3n) is 6.61. The van der Waals surface area contributed by atoms with Crippen LogP contribution in [0.15, 0.2) is 97.1 Å². The standard InChI is InChI=1S/C32H33ClN2O3/c1-3-23(2)34-32(37)29(20-24-11-5-4-6-12-24)35(21-25-13-9-16-27(33)19-25)31(36)22-38-30-18-10-15-26-14-7-8-17-28(26)30/h4-19,23,29H,3,20-22H2,1-2H3,(H,34,37)/t23-,29+/m0/s1. The summed E-state index contributed by atoms with van der Waals surface area (Å²) in [5.41, 5.74) is 1.81. The first kappa shape index (κ1) is 27.2. The maximum atomic E-state index is 13.8. The molecule has 0 saturated heterocycles. The number of hydrogen-bond acceptors (Lipinski definition) is 3. The number of carbonyl (C=O) groups is 2. The van der Waals surface area contributed by atoms with Crippen LogP contribution >= 0.6 is 11.6 Å². The van der Waals surface area contributed by atoms with Crippen molar-refractivity contribution in [2.75, 3.05) is 6.61 Å². The molecule has 0 spiro atoms. The molecule has 1 N–H and O–H groups in total. The minimum atomic E-state index is -0.728. The molecule has 38 heavy (non-hydrogen) atoms. The number of ether oxygens (including phenoxy) is 1. The lowest BCUT2D eigenvalue weighted by Gasteiger charge is -2.32. The summed E-state index contributed by atoms with van der Waals surface area (Å²) in [4.78, 5) is 29.0. The highest BCUT2D eigenvalue weighted by molar-refractivity contribution is 6.30. The van der Waals surface area contributed by atoms with Crippen molar-refractivity contribution in [3.63, 3.8) is 0 Å². The minimum Gasteiger partial charge on any atom is -0.483 e. The zero-order chi connectivity index (χ0) is 26.9. The van der Waals surface area contributed by atoms with Gasteiger partial charge in [-0.15, -0.1) is 0 Å². The largest absolute Gasteiger partial charge is 0.483 e. The highest BCUT2D eigenvalue weighted by Gasteiger charge is 2.31. The zero-order valence-corrected chi connectivity index (χ0v) is 22.5. The molecule has 2 atom stereocenters. The molecule has 0 unspecified atom stereocenters. The summed E-state index contributed by atoms with van der Waals surface area (Å²) in [6.45, 7) is 4.01. The van der Waals surface area contributed by atoms with E-state index in [2.05, 4.69) is 5.32 Å². The van der Waals surface area contributed by atoms with Gasteiger partial charge in [0.2, 0.25) is 5.91 Å². The van der Waals surface area contributed by atoms with E-state index in [1.807, 2.05) is 105 Å². The van der Waals surface area contributed by atoms with E-state index in [9.17, 15) is 9.59 Å². The van der Waals surface area contributed by atoms with E-state index in [0.29, 0.717) is 17.2 Å². The summed E-state index contributed by atoms with van der Waals surface area (Å²) in [5.74, 6) is 0.157. The Kier molecular flexibility index (Phi) is 9.39. The summed E-state index contributed by atoms with van der Waals surface area (Å²) in [7, 11) is 0. The van der Waals surface area contributed by atoms with E-state index < -0.39 is 6.04 Å². The molecule has 2 amide bonds. The van der Waals surface area contributed by atoms with E-state index in [4.69, 9.17) is 16.3 Å². The van der Waals surface area contributed by atoms with Crippen LogP contribution in [0, 0.1) is 0 Å². The lowest BCUT2D eigenvalue weighted by molar-refractivity contribution is -0.143. The molecule has 4 aromatic carbocycles. The smallest absolute Gasteiger partial charge is 0.261 e. The van der Waals surface area contributed by atoms with Crippen LogP contribution in [-0.2, 0) is 22.6 Å². The van der Waals surface area contributed by atoms with Gasteiger partial charge in [0.05, 0.1) is 0 Å². The number of nitrogens with zero attached hydrogens (tertiary/aromatic N) is 1. The third kappa shape index (κ3) is 7.14. The van der Waals surface area contributed by atoms with Crippen LogP contribution in [0.25, 0.3) is 10.8 Å². The molecule has 0 radical (unpaired) electrons. The summed E-state index contributed by atoms with van der Waals surface area (Å²) < 4.78 is 6.06. The van der Waals surface area contributed by atoms with Crippen molar-refractivity contribution >= 4 is 34.2 Å². The van der Waals surface area contributed by atoms with Gasteiger partial charge in [-0.3, -0.25) is 9.59 Å². The number of amides is 2. The Balaban J connectivity index is 1.65. The van der Waals surface area contributed by atoms with Crippen molar-refractivity contribution < 1.29 is 14.3 Å². The highest BCUT2D eigenvalue weighted by atomic mass is 35.5. The van der Waals surface area contributed by atoms with Gasteiger partial charge in [-0.2, -0.15) is 0 Å². The average molecular weight is 529 g/mol. The molecule has 0 aliphatic rings. The molecule has 0 aromatic heterocycles. The molecule has 6 heteroatoms. The highest BCUT2D eigenvalue weighted by Crippen LogP contribution is 2.25. The van der Waals surface area contributed by atoms with Gasteiger partial charge in [0.15, 0.2) is 6.61 Å². The second-order valence-electron chi connectivity index (χ2n) is 9.44. The van der Waals surface area contributed by atoms with Gasteiger partial charge in [-0.25, -0.2) is 0 Å². The van der Waals surface area contributed by atoms with Crippen molar-refractivity contribution in [2.24, 2.45) is 0 Å². The number of nitrogens with one attached hydrogen (secondary N) is 1. The lowest BCUT2D eigenvalue weighted by Crippen LogP contribution is -2.53. The minimum absolute atomic E-state index is 0.0178. The molecule has 0 fully saturated rings. The number of fused-ring (bicyclic) bond motifs is 1. The third-order valence-corrected chi connectivity index (χ3v) is 6.85. The Bertz CT molecular complexity index is 1370. The van der Waals surface area contributed by atoms with Crippen LogP contribution in [0.1, 0.15) is 31.4 Å². The van der Waals surface area contributed by atoms with Gasteiger partial charge in [-0.1, -0.05) is 97.4 Å². The molecule has 4 rings (SSSR count). The van der Waals surface area contributed by atoms with Crippen LogP contribution < -0.4 is 10.1 Å². The van der Waals surface area contributed by atoms with Crippen LogP contribution in [0.5, 0.6) is 5.75 Å². The van der Waals surface area contributed by atoms with Crippen LogP contribution in [-0.4, -0.2) is 35.4 Å². The molecular weight excluding hydrogens is 496 g/mol. The molecule has 0 bridgehead atoms. The first-order chi connectivity index (χ1) is 18.4. The molecular formula is C32H33ClN2O3. The van der Waals surface area contributed by atoms with Gasteiger partial charge < -0.3 is 15.0 Å². The fourth-order valence-electron chi connectivity index (χ4n) is 4.37. The Labute approximate surface area is 229 Å². The number of halogens is 1. The van der Waals surface area contributed by atoms with Gasteiger partial charge in [0.25, 0.3) is 5.91 Å². The number of rotatable bonds is 11. The molecule has 196 valence electrons. The Hall–Kier alpha value is -3.83. The summed E-state index contributed by atoms with van der Waals surface area (Å²) in [6.07, 6.45) is 1.17. The molecule has 4 aromatic rings. The Morgan fingerprint density at radius 3 is 2.34 bits per heavy atom. The van der Waals surface area contributed by atoms with E-state index >= 15 is 0 Å². The quantitative estimate of drug-likeness (QED) is 0.244. The normalized spacial score (nSPS) is 12.5. The van der Waals surface area contributed by atoms with Crippen molar-refractivity contribution in [1.29, 1.82) is 0 Å². The molecule has 0 aliphatic carbocycles. The van der Waals surface area contributed by atoms with E-state index in [0.717, 1.165) is 28.3 Å². The van der Waals surface area contributed by atoms with E-state index in [1.54, 1.807) is 11.0 Å². The average Bonchev–Trinajstić information content (AvgIpc) is 2.94. The van der Waals surface area contributed by atoms with Gasteiger partial charge in [0, 0.05) is 29.4 Å². The molecule has 0 aliphatic heterocycles. The zero-order valence-electron chi connectivity index (χ0n) is 21.8. The summed E-state index contributed by atoms with van der Waals surface area (Å²) >= 11 is 6.26. The topological polar surface area (TPSA) is 58.6 Å². The predicted molar refractivity (Wildman–Crippen MR) is 153 cm³/mol. The number of carbonyl (C=O) groups excluding carboxylic acids is 2. The van der Waals surface area contributed by atoms with Crippen molar-refractivity contribution in [2.45, 2.75) is 45.3 Å². The van der Waals surface area contributed by atoms with Crippen molar-refractivity contribution in [3.8, 4) is 5.75 Å². The molecule has 0 heterocycles. The van der Waals surface area contributed by atoms with Gasteiger partial charge in [-0.05, 0) is 48.1 Å². The summed E-state index contributed by atoms with van der Waals surface area (Å²) in [6, 6.07) is 30.0. The van der Waals surface area contributed by atoms with Crippen LogP contribution in [0.4, 0.5) is 0 Å². The van der Waals surface area contributed by atoms with Gasteiger partial charge >= 0.3 is 0 Å². The molecule has 5 nitrogen and oxygen atoms in total. The first-order valence-corrected chi connectivity index (χ1v) is 13.3. The summed E-state index contributed by atoms with van der Waals surface area (Å²) in [5, 5.41) is 5.62. The number of benzene rings is 4. The fraction of sp³-hybridized carbons (Fsp3) is 0.250. The van der Waals surface area contributed by atoms with Crippen molar-refractivity contribution in [1.82, 2.24) is 10.2 Å². The first-order valence-electron chi connectivity index (χ1n) is 12.9. The van der Waals surface area contributed by atoms with Gasteiger partial charge in [0.1, 0.15) is 11.8 Å². The monoisotopic (exact) mass is 528 g/mol. The second-order valence-corrected chi connectivity index (χ2v) is 9.88. The maximum Gasteiger partial charge on any atom is 0.261 e. The molecule has 0 saturated carbocycles. The van der Waals surface area contributed by atoms with Crippen molar-refractivity contribution in [3.05, 3.63) is 113 Å². The Morgan fingerprint density at radius 2 is 1.58 bits per heavy atom. The number of hydrogen-bond donors (Lipinski definition) is 1. The van der Waals surface area contributed by atoms with E-state index in [1.165, 1.54) is 0 Å².